The summed E-state index contributed by atoms with van der Waals surface area (Å²) in [7, 11) is 0. The highest BCUT2D eigenvalue weighted by atomic mass is 14.9. The topological polar surface area (TPSA) is 12.0 Å². The molecule has 1 heteroatoms. The summed E-state index contributed by atoms with van der Waals surface area (Å²) in [6, 6.07) is 10.00. The molecule has 0 spiro atoms. The predicted molar refractivity (Wildman–Crippen MR) is 86.2 cm³/mol. The molecular weight excluding hydrogens is 242 g/mol. The van der Waals surface area contributed by atoms with Crippen molar-refractivity contribution in [3.63, 3.8) is 0 Å². The highest BCUT2D eigenvalue weighted by Gasteiger charge is 2.19. The van der Waals surface area contributed by atoms with E-state index in [0.717, 1.165) is 12.0 Å². The zero-order chi connectivity index (χ0) is 13.6. The predicted octanol–water partition coefficient (Wildman–Crippen LogP) is 4.81. The lowest BCUT2D eigenvalue weighted by Gasteiger charge is -2.26. The average Bonchev–Trinajstić information content (AvgIpc) is 2.78. The van der Waals surface area contributed by atoms with Gasteiger partial charge in [0.05, 0.1) is 0 Å². The van der Waals surface area contributed by atoms with Gasteiger partial charge >= 0.3 is 0 Å². The van der Waals surface area contributed by atoms with E-state index in [4.69, 9.17) is 0 Å². The second-order valence-corrected chi connectivity index (χ2v) is 6.74. The molecule has 20 heavy (non-hydrogen) atoms. The molecule has 1 atom stereocenters. The Morgan fingerprint density at radius 2 is 1.60 bits per heavy atom. The smallest absolute Gasteiger partial charge is 0.0108 e. The number of nitrogens with one attached hydrogen (secondary N) is 1. The van der Waals surface area contributed by atoms with E-state index in [2.05, 4.69) is 29.6 Å². The molecule has 0 aromatic heterocycles. The Labute approximate surface area is 124 Å². The van der Waals surface area contributed by atoms with Crippen LogP contribution in [0.15, 0.2) is 24.3 Å². The Bertz CT molecular complexity index is 398. The molecule has 2 aliphatic rings. The van der Waals surface area contributed by atoms with Crippen LogP contribution in [-0.2, 0) is 6.42 Å². The molecule has 1 aromatic carbocycles. The fraction of sp³-hybridized carbons (Fsp3) is 0.684. The van der Waals surface area contributed by atoms with Crippen molar-refractivity contribution in [2.24, 2.45) is 0 Å². The molecule has 1 aliphatic carbocycles. The second kappa shape index (κ2) is 7.26. The number of hydrogen-bond acceptors (Lipinski definition) is 1. The summed E-state index contributed by atoms with van der Waals surface area (Å²) in [5.41, 5.74) is 3.29. The van der Waals surface area contributed by atoms with Gasteiger partial charge in [0.25, 0.3) is 0 Å². The van der Waals surface area contributed by atoms with Gasteiger partial charge in [-0.2, -0.15) is 0 Å². The van der Waals surface area contributed by atoms with Gasteiger partial charge in [-0.15, -0.1) is 0 Å². The first-order valence-corrected chi connectivity index (χ1v) is 8.74. The first-order valence-electron chi connectivity index (χ1n) is 8.74. The van der Waals surface area contributed by atoms with Crippen LogP contribution in [0.4, 0.5) is 0 Å². The van der Waals surface area contributed by atoms with E-state index in [1.54, 1.807) is 11.1 Å². The van der Waals surface area contributed by atoms with E-state index in [0.29, 0.717) is 0 Å². The van der Waals surface area contributed by atoms with Gasteiger partial charge in [0.1, 0.15) is 0 Å². The molecule has 0 bridgehead atoms. The van der Waals surface area contributed by atoms with Crippen molar-refractivity contribution < 1.29 is 0 Å². The minimum atomic E-state index is 0.718. The SMILES string of the molecule is c1ccc(C2CCCCCC2)c(CC2CCCCN2)c1. The molecule has 1 saturated heterocycles. The fourth-order valence-corrected chi connectivity index (χ4v) is 4.07. The maximum absolute atomic E-state index is 3.71. The van der Waals surface area contributed by atoms with E-state index < -0.39 is 0 Å². The van der Waals surface area contributed by atoms with Crippen molar-refractivity contribution in [2.75, 3.05) is 6.54 Å². The lowest BCUT2D eigenvalue weighted by Crippen LogP contribution is -2.35. The number of rotatable bonds is 3. The minimum absolute atomic E-state index is 0.718. The normalized spacial score (nSPS) is 25.3. The Balaban J connectivity index is 1.72. The van der Waals surface area contributed by atoms with Gasteiger partial charge in [-0.05, 0) is 55.7 Å². The third-order valence-electron chi connectivity index (χ3n) is 5.23. The van der Waals surface area contributed by atoms with Crippen molar-refractivity contribution in [1.29, 1.82) is 0 Å². The van der Waals surface area contributed by atoms with Gasteiger partial charge in [0, 0.05) is 6.04 Å². The molecule has 2 fully saturated rings. The van der Waals surface area contributed by atoms with Crippen molar-refractivity contribution in [3.8, 4) is 0 Å². The zero-order valence-electron chi connectivity index (χ0n) is 12.7. The third kappa shape index (κ3) is 3.63. The highest BCUT2D eigenvalue weighted by Crippen LogP contribution is 2.34. The van der Waals surface area contributed by atoms with Crippen molar-refractivity contribution >= 4 is 0 Å². The van der Waals surface area contributed by atoms with Gasteiger partial charge < -0.3 is 5.32 Å². The van der Waals surface area contributed by atoms with Gasteiger partial charge in [-0.3, -0.25) is 0 Å². The molecule has 1 N–H and O–H groups in total. The summed E-state index contributed by atoms with van der Waals surface area (Å²) in [5.74, 6) is 0.831. The molecule has 1 saturated carbocycles. The third-order valence-corrected chi connectivity index (χ3v) is 5.23. The van der Waals surface area contributed by atoms with Crippen LogP contribution in [0, 0.1) is 0 Å². The molecule has 1 nitrogen and oxygen atoms in total. The molecule has 1 heterocycles. The van der Waals surface area contributed by atoms with Crippen LogP contribution in [0.5, 0.6) is 0 Å². The largest absolute Gasteiger partial charge is 0.314 e. The summed E-state index contributed by atoms with van der Waals surface area (Å²) >= 11 is 0. The number of benzene rings is 1. The van der Waals surface area contributed by atoms with Crippen LogP contribution in [-0.4, -0.2) is 12.6 Å². The lowest BCUT2D eigenvalue weighted by molar-refractivity contribution is 0.397. The second-order valence-electron chi connectivity index (χ2n) is 6.74. The standard InChI is InChI=1S/C19H29N/c1-2-4-10-16(9-3-1)19-13-6-5-11-17(19)15-18-12-7-8-14-20-18/h5-6,11,13,16,18,20H,1-4,7-10,12,14-15H2. The monoisotopic (exact) mass is 271 g/mol. The van der Waals surface area contributed by atoms with Crippen LogP contribution in [0.25, 0.3) is 0 Å². The van der Waals surface area contributed by atoms with Crippen LogP contribution in [0.3, 0.4) is 0 Å². The molecular formula is C19H29N. The Morgan fingerprint density at radius 1 is 0.850 bits per heavy atom. The Hall–Kier alpha value is -0.820. The average molecular weight is 271 g/mol. The van der Waals surface area contributed by atoms with Crippen LogP contribution < -0.4 is 5.32 Å². The van der Waals surface area contributed by atoms with E-state index in [9.17, 15) is 0 Å². The summed E-state index contributed by atoms with van der Waals surface area (Å²) in [6.45, 7) is 1.22. The molecule has 1 aromatic rings. The summed E-state index contributed by atoms with van der Waals surface area (Å²) in [4.78, 5) is 0. The first-order chi connectivity index (χ1) is 9.93. The zero-order valence-corrected chi connectivity index (χ0v) is 12.7. The van der Waals surface area contributed by atoms with Crippen molar-refractivity contribution in [1.82, 2.24) is 5.32 Å². The van der Waals surface area contributed by atoms with Gasteiger partial charge in [-0.1, -0.05) is 56.4 Å². The minimum Gasteiger partial charge on any atom is -0.314 e. The van der Waals surface area contributed by atoms with E-state index in [1.807, 2.05) is 0 Å². The molecule has 1 aliphatic heterocycles. The van der Waals surface area contributed by atoms with Crippen molar-refractivity contribution in [2.45, 2.75) is 76.2 Å². The Morgan fingerprint density at radius 3 is 2.35 bits per heavy atom. The maximum Gasteiger partial charge on any atom is 0.0108 e. The van der Waals surface area contributed by atoms with E-state index in [1.165, 1.54) is 70.8 Å². The number of piperidine rings is 1. The quantitative estimate of drug-likeness (QED) is 0.778. The molecule has 110 valence electrons. The van der Waals surface area contributed by atoms with Gasteiger partial charge in [-0.25, -0.2) is 0 Å². The van der Waals surface area contributed by atoms with Crippen LogP contribution in [0.1, 0.15) is 74.8 Å². The van der Waals surface area contributed by atoms with Crippen LogP contribution in [0.2, 0.25) is 0 Å². The molecule has 1 unspecified atom stereocenters. The Kier molecular flexibility index (Phi) is 5.13. The number of hydrogen-bond donors (Lipinski definition) is 1. The van der Waals surface area contributed by atoms with E-state index >= 15 is 0 Å². The summed E-state index contributed by atoms with van der Waals surface area (Å²) < 4.78 is 0. The molecule has 0 amide bonds. The summed E-state index contributed by atoms with van der Waals surface area (Å²) in [5, 5.41) is 3.71. The summed E-state index contributed by atoms with van der Waals surface area (Å²) in [6.07, 6.45) is 14.0. The van der Waals surface area contributed by atoms with Gasteiger partial charge in [0.2, 0.25) is 0 Å². The van der Waals surface area contributed by atoms with Crippen molar-refractivity contribution in [3.05, 3.63) is 35.4 Å². The fourth-order valence-electron chi connectivity index (χ4n) is 4.07. The highest BCUT2D eigenvalue weighted by molar-refractivity contribution is 5.31. The molecule has 3 rings (SSSR count). The maximum atomic E-state index is 3.71. The van der Waals surface area contributed by atoms with E-state index in [-0.39, 0.29) is 0 Å². The van der Waals surface area contributed by atoms with Gasteiger partial charge in [0.15, 0.2) is 0 Å². The van der Waals surface area contributed by atoms with Crippen LogP contribution >= 0.6 is 0 Å². The lowest BCUT2D eigenvalue weighted by atomic mass is 9.85. The first kappa shape index (κ1) is 14.1. The molecule has 0 radical (unpaired) electrons.